The summed E-state index contributed by atoms with van der Waals surface area (Å²) >= 11 is 0. The number of rotatable bonds is 11. The number of phenols is 1. The van der Waals surface area contributed by atoms with Crippen LogP contribution >= 0.6 is 0 Å². The van der Waals surface area contributed by atoms with Crippen molar-refractivity contribution < 1.29 is 77.9 Å². The Morgan fingerprint density at radius 2 is 1.40 bits per heavy atom. The van der Waals surface area contributed by atoms with Gasteiger partial charge in [0.15, 0.2) is 24.4 Å². The normalized spacial score (nSPS) is 32.3. The van der Waals surface area contributed by atoms with Crippen molar-refractivity contribution in [2.24, 2.45) is 0 Å². The smallest absolute Gasteiger partial charge is 0.331 e. The average Bonchev–Trinajstić information content (AvgIpc) is 3.22. The third-order valence-corrected chi connectivity index (χ3v) is 6.42. The van der Waals surface area contributed by atoms with Gasteiger partial charge in [0.1, 0.15) is 30.7 Å². The summed E-state index contributed by atoms with van der Waals surface area (Å²) < 4.78 is 38.4. The zero-order valence-corrected chi connectivity index (χ0v) is 23.4. The van der Waals surface area contributed by atoms with Crippen LogP contribution in [-0.4, -0.2) is 124 Å². The van der Waals surface area contributed by atoms with Crippen LogP contribution in [0.2, 0.25) is 0 Å². The summed E-state index contributed by atoms with van der Waals surface area (Å²) in [7, 11) is 0. The summed E-state index contributed by atoms with van der Waals surface area (Å²) in [6.07, 6.45) is -10.8. The van der Waals surface area contributed by atoms with E-state index in [1.807, 2.05) is 0 Å². The van der Waals surface area contributed by atoms with Gasteiger partial charge in [-0.15, -0.1) is 0 Å². The number of aliphatic hydroxyl groups is 4. The Balaban J connectivity index is 2.01. The van der Waals surface area contributed by atoms with Gasteiger partial charge in [-0.25, -0.2) is 4.79 Å². The molecule has 0 radical (unpaired) electrons. The molecule has 2 fully saturated rings. The fourth-order valence-corrected chi connectivity index (χ4v) is 4.61. The van der Waals surface area contributed by atoms with Gasteiger partial charge in [-0.05, 0) is 23.8 Å². The van der Waals surface area contributed by atoms with Crippen LogP contribution in [0.3, 0.4) is 0 Å². The first-order chi connectivity index (χ1) is 20.3. The van der Waals surface area contributed by atoms with E-state index >= 15 is 0 Å². The van der Waals surface area contributed by atoms with Crippen LogP contribution < -0.4 is 0 Å². The second-order valence-corrected chi connectivity index (χ2v) is 9.65. The molecule has 0 amide bonds. The second-order valence-electron chi connectivity index (χ2n) is 9.65. The van der Waals surface area contributed by atoms with Gasteiger partial charge in [0.05, 0.1) is 13.2 Å². The molecule has 2 heterocycles. The first-order valence-corrected chi connectivity index (χ1v) is 13.0. The van der Waals surface area contributed by atoms with Crippen LogP contribution in [0.1, 0.15) is 26.3 Å². The molecule has 0 saturated carbocycles. The first kappa shape index (κ1) is 33.9. The number of hydrogen-bond acceptors (Lipinski definition) is 16. The van der Waals surface area contributed by atoms with E-state index in [1.165, 1.54) is 30.3 Å². The Hall–Kier alpha value is -3.64. The number of phenolic OH excluding ortho intramolecular Hbond substituents is 1. The molecule has 1 aromatic rings. The molecule has 3 rings (SSSR count). The zero-order valence-electron chi connectivity index (χ0n) is 23.4. The van der Waals surface area contributed by atoms with E-state index in [0.29, 0.717) is 5.56 Å². The Labute approximate surface area is 245 Å². The molecule has 0 unspecified atom stereocenters. The highest BCUT2D eigenvalue weighted by atomic mass is 16.8. The van der Waals surface area contributed by atoms with Gasteiger partial charge in [0.2, 0.25) is 12.1 Å². The van der Waals surface area contributed by atoms with Crippen LogP contribution in [0.25, 0.3) is 6.08 Å². The molecule has 0 aromatic heterocycles. The topological polar surface area (TPSA) is 234 Å². The van der Waals surface area contributed by atoms with Crippen LogP contribution in [-0.2, 0) is 52.3 Å². The minimum Gasteiger partial charge on any atom is -0.508 e. The van der Waals surface area contributed by atoms with Crippen molar-refractivity contribution in [3.8, 4) is 5.75 Å². The molecule has 0 spiro atoms. The van der Waals surface area contributed by atoms with Gasteiger partial charge in [-0.1, -0.05) is 12.1 Å². The second kappa shape index (κ2) is 14.7. The van der Waals surface area contributed by atoms with Crippen molar-refractivity contribution in [1.82, 2.24) is 0 Å². The maximum Gasteiger partial charge on any atom is 0.331 e. The summed E-state index contributed by atoms with van der Waals surface area (Å²) in [6, 6.07) is 5.77. The van der Waals surface area contributed by atoms with Crippen LogP contribution in [0.4, 0.5) is 0 Å². The van der Waals surface area contributed by atoms with Crippen molar-refractivity contribution in [1.29, 1.82) is 0 Å². The minimum absolute atomic E-state index is 0.00383. The Morgan fingerprint density at radius 1 is 0.837 bits per heavy atom. The number of benzene rings is 1. The third kappa shape index (κ3) is 8.26. The van der Waals surface area contributed by atoms with Gasteiger partial charge in [0, 0.05) is 26.8 Å². The van der Waals surface area contributed by atoms with Crippen molar-refractivity contribution in [2.75, 3.05) is 19.8 Å². The first-order valence-electron chi connectivity index (χ1n) is 13.0. The lowest BCUT2D eigenvalue weighted by atomic mass is 9.98. The Morgan fingerprint density at radius 3 is 1.93 bits per heavy atom. The van der Waals surface area contributed by atoms with E-state index in [0.717, 1.165) is 26.8 Å². The highest BCUT2D eigenvalue weighted by molar-refractivity contribution is 5.87. The number of aliphatic hydroxyl groups excluding tert-OH is 4. The Kier molecular flexibility index (Phi) is 11.6. The van der Waals surface area contributed by atoms with E-state index in [4.69, 9.17) is 33.2 Å². The van der Waals surface area contributed by atoms with Crippen molar-refractivity contribution >= 4 is 30.0 Å². The largest absolute Gasteiger partial charge is 0.508 e. The number of esters is 4. The SMILES string of the molecule is CC(=O)O[C@@H]1[C@@H](CO)O[C@@](CO)(O[C@H]2O[C@H](CO)[C@@H](O)[C@H](OC(C)=O)[C@H]2OC(C)=O)[C@H]1OC(=O)C=Cc1ccc(O)cc1. The molecule has 16 heteroatoms. The molecule has 238 valence electrons. The summed E-state index contributed by atoms with van der Waals surface area (Å²) in [6.45, 7) is 0.294. The predicted octanol–water partition coefficient (Wildman–Crippen LogP) is -1.71. The Bertz CT molecular complexity index is 1170. The third-order valence-electron chi connectivity index (χ3n) is 6.42. The molecular weight excluding hydrogens is 580 g/mol. The zero-order chi connectivity index (χ0) is 31.9. The van der Waals surface area contributed by atoms with E-state index in [9.17, 15) is 44.7 Å². The summed E-state index contributed by atoms with van der Waals surface area (Å²) in [5.74, 6) is -6.20. The molecule has 5 N–H and O–H groups in total. The molecule has 43 heavy (non-hydrogen) atoms. The van der Waals surface area contributed by atoms with Crippen molar-refractivity contribution in [3.05, 3.63) is 35.9 Å². The van der Waals surface area contributed by atoms with Crippen molar-refractivity contribution in [2.45, 2.75) is 75.6 Å². The molecule has 0 bridgehead atoms. The van der Waals surface area contributed by atoms with Gasteiger partial charge in [-0.2, -0.15) is 0 Å². The van der Waals surface area contributed by atoms with E-state index < -0.39 is 98.5 Å². The quantitative estimate of drug-likeness (QED) is 0.106. The molecule has 16 nitrogen and oxygen atoms in total. The molecule has 1 aromatic carbocycles. The minimum atomic E-state index is -2.47. The molecule has 2 aliphatic heterocycles. The summed E-state index contributed by atoms with van der Waals surface area (Å²) in [5.41, 5.74) is 0.497. The molecule has 9 atom stereocenters. The lowest BCUT2D eigenvalue weighted by Crippen LogP contribution is -2.64. The standard InChI is InChI=1S/C27H34O16/c1-13(31)37-22-19(11-29)42-27(12-30,25(22)41-20(35)9-6-16-4-7-17(34)8-5-16)43-26-24(39-15(3)33)23(38-14(2)32)21(36)18(10-28)40-26/h4-9,18-19,21-26,28-30,34,36H,10-12H2,1-3H3/t18-,19-,21-,22-,23+,24-,25+,26-,27+/m1/s1. The monoisotopic (exact) mass is 614 g/mol. The fraction of sp³-hybridized carbons (Fsp3) is 0.556. The van der Waals surface area contributed by atoms with Gasteiger partial charge in [0.25, 0.3) is 0 Å². The number of hydrogen-bond donors (Lipinski definition) is 5. The van der Waals surface area contributed by atoms with E-state index in [1.54, 1.807) is 0 Å². The maximum atomic E-state index is 12.9. The molecular formula is C27H34O16. The highest BCUT2D eigenvalue weighted by Gasteiger charge is 2.63. The molecule has 0 aliphatic carbocycles. The van der Waals surface area contributed by atoms with E-state index in [-0.39, 0.29) is 5.75 Å². The summed E-state index contributed by atoms with van der Waals surface area (Å²) in [4.78, 5) is 48.6. The lowest BCUT2D eigenvalue weighted by Gasteiger charge is -2.45. The van der Waals surface area contributed by atoms with Gasteiger partial charge in [-0.3, -0.25) is 14.4 Å². The number of aromatic hydroxyl groups is 1. The summed E-state index contributed by atoms with van der Waals surface area (Å²) in [5, 5.41) is 50.4. The fourth-order valence-electron chi connectivity index (χ4n) is 4.61. The van der Waals surface area contributed by atoms with Crippen molar-refractivity contribution in [3.63, 3.8) is 0 Å². The average molecular weight is 615 g/mol. The number of carbonyl (C=O) groups is 4. The van der Waals surface area contributed by atoms with Crippen LogP contribution in [0, 0.1) is 0 Å². The predicted molar refractivity (Wildman–Crippen MR) is 138 cm³/mol. The molecule has 2 aliphatic rings. The lowest BCUT2D eigenvalue weighted by molar-refractivity contribution is -0.384. The van der Waals surface area contributed by atoms with Crippen LogP contribution in [0.15, 0.2) is 30.3 Å². The van der Waals surface area contributed by atoms with Gasteiger partial charge >= 0.3 is 23.9 Å². The number of carbonyl (C=O) groups excluding carboxylic acids is 4. The highest BCUT2D eigenvalue weighted by Crippen LogP contribution is 2.40. The van der Waals surface area contributed by atoms with Crippen LogP contribution in [0.5, 0.6) is 5.75 Å². The van der Waals surface area contributed by atoms with E-state index in [2.05, 4.69) is 0 Å². The maximum absolute atomic E-state index is 12.9. The van der Waals surface area contributed by atoms with Gasteiger partial charge < -0.3 is 58.7 Å². The number of ether oxygens (including phenoxy) is 7. The molecule has 2 saturated heterocycles.